The zero-order valence-electron chi connectivity index (χ0n) is 17.2. The Balaban J connectivity index is 1.37. The summed E-state index contributed by atoms with van der Waals surface area (Å²) < 4.78 is 39.0. The standard InChI is InChI=1S/C23H22F3N3O3/c24-23(25,26)18-7-4-8-19(14-18)29-15-17(13-20(29)30)22(32)28-11-9-27(10-12-28)21(31)16-5-2-1-3-6-16/h1-8,14,17H,9-13,15H2. The maximum atomic E-state index is 13.0. The van der Waals surface area contributed by atoms with Gasteiger partial charge in [-0.3, -0.25) is 14.4 Å². The van der Waals surface area contributed by atoms with E-state index in [0.29, 0.717) is 31.7 Å². The molecule has 6 nitrogen and oxygen atoms in total. The third-order valence-corrected chi connectivity index (χ3v) is 5.86. The summed E-state index contributed by atoms with van der Waals surface area (Å²) in [5, 5.41) is 0. The lowest BCUT2D eigenvalue weighted by molar-refractivity contribution is -0.138. The number of carbonyl (C=O) groups excluding carboxylic acids is 3. The van der Waals surface area contributed by atoms with E-state index >= 15 is 0 Å². The molecule has 2 aliphatic heterocycles. The van der Waals surface area contributed by atoms with Gasteiger partial charge in [0.05, 0.1) is 11.5 Å². The monoisotopic (exact) mass is 445 g/mol. The van der Waals surface area contributed by atoms with E-state index in [1.807, 2.05) is 6.07 Å². The van der Waals surface area contributed by atoms with Crippen LogP contribution < -0.4 is 4.90 Å². The van der Waals surface area contributed by atoms with E-state index in [-0.39, 0.29) is 36.4 Å². The van der Waals surface area contributed by atoms with E-state index in [0.717, 1.165) is 12.1 Å². The fraction of sp³-hybridized carbons (Fsp3) is 0.348. The van der Waals surface area contributed by atoms with Crippen molar-refractivity contribution in [2.75, 3.05) is 37.6 Å². The molecule has 0 spiro atoms. The van der Waals surface area contributed by atoms with Gasteiger partial charge in [0, 0.05) is 50.4 Å². The van der Waals surface area contributed by atoms with Crippen molar-refractivity contribution in [3.05, 3.63) is 65.7 Å². The van der Waals surface area contributed by atoms with Crippen LogP contribution in [0.4, 0.5) is 18.9 Å². The molecule has 168 valence electrons. The number of hydrogen-bond acceptors (Lipinski definition) is 3. The first kappa shape index (κ1) is 21.9. The summed E-state index contributed by atoms with van der Waals surface area (Å²) in [6.07, 6.45) is -4.55. The Morgan fingerprint density at radius 2 is 1.53 bits per heavy atom. The molecule has 0 saturated carbocycles. The highest BCUT2D eigenvalue weighted by Crippen LogP contribution is 2.33. The lowest BCUT2D eigenvalue weighted by Gasteiger charge is -2.36. The van der Waals surface area contributed by atoms with Gasteiger partial charge in [0.2, 0.25) is 11.8 Å². The summed E-state index contributed by atoms with van der Waals surface area (Å²) in [6.45, 7) is 1.52. The molecule has 0 aliphatic carbocycles. The highest BCUT2D eigenvalue weighted by molar-refractivity contribution is 6.00. The average molecular weight is 445 g/mol. The first-order valence-corrected chi connectivity index (χ1v) is 10.3. The summed E-state index contributed by atoms with van der Waals surface area (Å²) in [5.41, 5.74) is -0.111. The summed E-state index contributed by atoms with van der Waals surface area (Å²) in [4.78, 5) is 42.5. The molecule has 2 saturated heterocycles. The van der Waals surface area contributed by atoms with Gasteiger partial charge in [0.1, 0.15) is 0 Å². The van der Waals surface area contributed by atoms with Gasteiger partial charge in [0.25, 0.3) is 5.91 Å². The van der Waals surface area contributed by atoms with Crippen LogP contribution in [0.25, 0.3) is 0 Å². The lowest BCUT2D eigenvalue weighted by Crippen LogP contribution is -2.52. The number of alkyl halides is 3. The van der Waals surface area contributed by atoms with Crippen LogP contribution in [-0.4, -0.2) is 60.2 Å². The third kappa shape index (κ3) is 4.46. The molecule has 9 heteroatoms. The van der Waals surface area contributed by atoms with Gasteiger partial charge in [-0.15, -0.1) is 0 Å². The third-order valence-electron chi connectivity index (χ3n) is 5.86. The Morgan fingerprint density at radius 3 is 2.19 bits per heavy atom. The van der Waals surface area contributed by atoms with Crippen LogP contribution in [-0.2, 0) is 15.8 Å². The molecule has 32 heavy (non-hydrogen) atoms. The zero-order valence-corrected chi connectivity index (χ0v) is 17.2. The molecule has 4 rings (SSSR count). The van der Waals surface area contributed by atoms with E-state index in [4.69, 9.17) is 0 Å². The van der Waals surface area contributed by atoms with Crippen molar-refractivity contribution in [3.8, 4) is 0 Å². The molecule has 0 aromatic heterocycles. The van der Waals surface area contributed by atoms with Crippen molar-refractivity contribution >= 4 is 23.4 Å². The Bertz CT molecular complexity index is 1020. The average Bonchev–Trinajstić information content (AvgIpc) is 3.20. The van der Waals surface area contributed by atoms with Crippen LogP contribution in [0, 0.1) is 5.92 Å². The fourth-order valence-electron chi connectivity index (χ4n) is 4.12. The van der Waals surface area contributed by atoms with Crippen molar-refractivity contribution in [3.63, 3.8) is 0 Å². The van der Waals surface area contributed by atoms with Crippen molar-refractivity contribution in [1.29, 1.82) is 0 Å². The molecule has 2 aliphatic rings. The Hall–Kier alpha value is -3.36. The molecule has 1 atom stereocenters. The van der Waals surface area contributed by atoms with E-state index < -0.39 is 17.7 Å². The van der Waals surface area contributed by atoms with Gasteiger partial charge in [-0.2, -0.15) is 13.2 Å². The number of amides is 3. The number of carbonyl (C=O) groups is 3. The summed E-state index contributed by atoms with van der Waals surface area (Å²) >= 11 is 0. The van der Waals surface area contributed by atoms with Crippen LogP contribution in [0.2, 0.25) is 0 Å². The van der Waals surface area contributed by atoms with E-state index in [9.17, 15) is 27.6 Å². The summed E-state index contributed by atoms with van der Waals surface area (Å²) in [5.74, 6) is -1.29. The number of rotatable bonds is 3. The van der Waals surface area contributed by atoms with Crippen molar-refractivity contribution in [1.82, 2.24) is 9.80 Å². The summed E-state index contributed by atoms with van der Waals surface area (Å²) in [7, 11) is 0. The van der Waals surface area contributed by atoms with Crippen LogP contribution in [0.15, 0.2) is 54.6 Å². The molecule has 2 aromatic rings. The predicted molar refractivity (Wildman–Crippen MR) is 111 cm³/mol. The van der Waals surface area contributed by atoms with Gasteiger partial charge >= 0.3 is 6.18 Å². The molecule has 1 unspecified atom stereocenters. The Labute approximate surface area is 183 Å². The molecular weight excluding hydrogens is 423 g/mol. The number of piperazine rings is 1. The van der Waals surface area contributed by atoms with Crippen LogP contribution in [0.1, 0.15) is 22.3 Å². The van der Waals surface area contributed by atoms with Gasteiger partial charge in [-0.25, -0.2) is 0 Å². The second kappa shape index (κ2) is 8.64. The normalized spacial score (nSPS) is 19.4. The largest absolute Gasteiger partial charge is 0.416 e. The molecule has 2 heterocycles. The summed E-state index contributed by atoms with van der Waals surface area (Å²) in [6, 6.07) is 13.5. The quantitative estimate of drug-likeness (QED) is 0.730. The molecule has 2 aromatic carbocycles. The Kier molecular flexibility index (Phi) is 5.90. The SMILES string of the molecule is O=C(c1ccccc1)N1CCN(C(=O)C2CC(=O)N(c3cccc(C(F)(F)F)c3)C2)CC1. The molecule has 2 fully saturated rings. The lowest BCUT2D eigenvalue weighted by atomic mass is 10.1. The van der Waals surface area contributed by atoms with Crippen LogP contribution >= 0.6 is 0 Å². The predicted octanol–water partition coefficient (Wildman–Crippen LogP) is 3.04. The Morgan fingerprint density at radius 1 is 0.875 bits per heavy atom. The first-order valence-electron chi connectivity index (χ1n) is 10.3. The second-order valence-corrected chi connectivity index (χ2v) is 7.94. The molecule has 3 amide bonds. The number of hydrogen-bond donors (Lipinski definition) is 0. The molecule has 0 radical (unpaired) electrons. The topological polar surface area (TPSA) is 60.9 Å². The maximum absolute atomic E-state index is 13.0. The number of halogens is 3. The van der Waals surface area contributed by atoms with E-state index in [1.165, 1.54) is 17.0 Å². The smallest absolute Gasteiger partial charge is 0.339 e. The molecule has 0 N–H and O–H groups in total. The van der Waals surface area contributed by atoms with Gasteiger partial charge in [0.15, 0.2) is 0 Å². The fourth-order valence-corrected chi connectivity index (χ4v) is 4.12. The van der Waals surface area contributed by atoms with Crippen molar-refractivity contribution < 1.29 is 27.6 Å². The number of benzene rings is 2. The molecular formula is C23H22F3N3O3. The zero-order chi connectivity index (χ0) is 22.9. The molecule has 0 bridgehead atoms. The van der Waals surface area contributed by atoms with E-state index in [1.54, 1.807) is 34.1 Å². The van der Waals surface area contributed by atoms with Gasteiger partial charge in [-0.1, -0.05) is 24.3 Å². The highest BCUT2D eigenvalue weighted by atomic mass is 19.4. The highest BCUT2D eigenvalue weighted by Gasteiger charge is 2.39. The minimum Gasteiger partial charge on any atom is -0.339 e. The first-order chi connectivity index (χ1) is 15.2. The van der Waals surface area contributed by atoms with Crippen molar-refractivity contribution in [2.45, 2.75) is 12.6 Å². The van der Waals surface area contributed by atoms with Gasteiger partial charge in [-0.05, 0) is 30.3 Å². The van der Waals surface area contributed by atoms with Crippen molar-refractivity contribution in [2.24, 2.45) is 5.92 Å². The van der Waals surface area contributed by atoms with E-state index in [2.05, 4.69) is 0 Å². The van der Waals surface area contributed by atoms with Crippen LogP contribution in [0.5, 0.6) is 0 Å². The number of nitrogens with zero attached hydrogens (tertiary/aromatic N) is 3. The minimum absolute atomic E-state index is 0.0434. The maximum Gasteiger partial charge on any atom is 0.416 e. The second-order valence-electron chi connectivity index (χ2n) is 7.94. The number of anilines is 1. The van der Waals surface area contributed by atoms with Gasteiger partial charge < -0.3 is 14.7 Å². The minimum atomic E-state index is -4.51. The van der Waals surface area contributed by atoms with Crippen LogP contribution in [0.3, 0.4) is 0 Å².